The van der Waals surface area contributed by atoms with Crippen LogP contribution in [0.4, 0.5) is 4.79 Å². The number of carbonyl (C=O) groups is 4. The molecule has 0 radical (unpaired) electrons. The van der Waals surface area contributed by atoms with Gasteiger partial charge >= 0.3 is 18.0 Å². The third-order valence-electron chi connectivity index (χ3n) is 17.6. The predicted octanol–water partition coefficient (Wildman–Crippen LogP) is 6.17. The summed E-state index contributed by atoms with van der Waals surface area (Å²) in [5.74, 6) is -5.12. The van der Waals surface area contributed by atoms with Gasteiger partial charge in [-0.25, -0.2) is 9.59 Å². The van der Waals surface area contributed by atoms with E-state index in [1.54, 1.807) is 39.6 Å². The lowest BCUT2D eigenvalue weighted by atomic mass is 9.73. The highest BCUT2D eigenvalue weighted by atomic mass is 16.7. The van der Waals surface area contributed by atoms with Crippen LogP contribution in [0.5, 0.6) is 0 Å². The van der Waals surface area contributed by atoms with E-state index in [9.17, 15) is 34.2 Å². The fraction of sp³-hybridized carbons (Fsp3) is 0.776. The molecule has 0 spiro atoms. The number of benzene rings is 1. The van der Waals surface area contributed by atoms with E-state index in [2.05, 4.69) is 10.6 Å². The summed E-state index contributed by atoms with van der Waals surface area (Å²) in [6, 6.07) is 2.79. The molecule has 0 bridgehead atoms. The minimum absolute atomic E-state index is 0.151. The maximum absolute atomic E-state index is 14.8. The maximum Gasteiger partial charge on any atom is 0.408 e. The third-order valence-corrected chi connectivity index (χ3v) is 17.6. The molecule has 18 atom stereocenters. The first-order valence-corrected chi connectivity index (χ1v) is 28.2. The van der Waals surface area contributed by atoms with E-state index in [-0.39, 0.29) is 42.8 Å². The van der Waals surface area contributed by atoms with E-state index in [4.69, 9.17) is 42.6 Å². The Balaban J connectivity index is 1.19. The minimum atomic E-state index is -1.39. The van der Waals surface area contributed by atoms with Crippen LogP contribution in [-0.4, -0.2) is 176 Å². The van der Waals surface area contributed by atoms with E-state index in [1.165, 1.54) is 6.20 Å². The number of likely N-dealkylation sites (N-methyl/N-ethyl adjacent to an activating group) is 1. The number of cyclic esters (lactones) is 1. The first-order chi connectivity index (χ1) is 36.7. The summed E-state index contributed by atoms with van der Waals surface area (Å²) in [6.07, 6.45) is -3.27. The number of aryl methyl sites for hydroxylation is 3. The van der Waals surface area contributed by atoms with Gasteiger partial charge in [0.2, 0.25) is 5.43 Å². The molecule has 4 fully saturated rings. The molecule has 20 nitrogen and oxygen atoms in total. The highest BCUT2D eigenvalue weighted by Crippen LogP contribution is 2.43. The molecule has 0 aliphatic carbocycles. The van der Waals surface area contributed by atoms with E-state index >= 15 is 0 Å². The van der Waals surface area contributed by atoms with Gasteiger partial charge in [0.25, 0.3) is 0 Å². The number of aromatic nitrogens is 1. The summed E-state index contributed by atoms with van der Waals surface area (Å²) in [6.45, 7) is 24.5. The zero-order valence-corrected chi connectivity index (χ0v) is 49.2. The summed E-state index contributed by atoms with van der Waals surface area (Å²) in [5.41, 5.74) is -1.72. The molecule has 78 heavy (non-hydrogen) atoms. The number of nitrogens with zero attached hydrogens (tertiary/aromatic N) is 2. The Labute approximate surface area is 461 Å². The van der Waals surface area contributed by atoms with Crippen LogP contribution >= 0.6 is 0 Å². The number of ketones is 1. The lowest BCUT2D eigenvalue weighted by Crippen LogP contribution is -2.61. The molecule has 4 aliphatic rings. The molecule has 4 aliphatic heterocycles. The summed E-state index contributed by atoms with van der Waals surface area (Å²) in [4.78, 5) is 69.5. The smallest absolute Gasteiger partial charge is 0.408 e. The standard InChI is InChI=1S/C58H92N4O16/c1-17-42-58(12)49(60-55(69)78-58)34(6)45(63)31(3)28-56(10,70-15)50(77-54-47(65)41(61(13)14)27-32(4)73-54)35(7)48(36(8)53(68)75-42)76-43-29-57(11,71-16)51(37(9)74-43)72-26-20-25-59-24-19-21-38-22-23-40-44(33(38)5)46(64)39(52(66)67)30-62(40)18-2/h22-23,30-32,34-37,41-43,47-51,54,59,65H,17-21,24-29H2,1-16H3,(H,60,69)(H,66,67)/t31-,32-,34?,35+,36-,37+,41?,42-,43+,47-,48+,49-,50-,51+,54+,56-,57-,58-/m1/s1. The largest absolute Gasteiger partial charge is 0.477 e. The number of nitrogens with one attached hydrogen (secondary N) is 2. The lowest BCUT2D eigenvalue weighted by Gasteiger charge is -2.50. The number of pyridine rings is 1. The Kier molecular flexibility index (Phi) is 21.2. The van der Waals surface area contributed by atoms with E-state index < -0.39 is 119 Å². The molecule has 440 valence electrons. The van der Waals surface area contributed by atoms with Gasteiger partial charge < -0.3 is 72.9 Å². The average molecular weight is 1100 g/mol. The van der Waals surface area contributed by atoms with Crippen LogP contribution in [0, 0.1) is 30.6 Å². The van der Waals surface area contributed by atoms with Gasteiger partial charge in [0, 0.05) is 69.2 Å². The quantitative estimate of drug-likeness (QED) is 0.0908. The van der Waals surface area contributed by atoms with Crippen molar-refractivity contribution in [1.29, 1.82) is 0 Å². The molecule has 4 N–H and O–H groups in total. The van der Waals surface area contributed by atoms with E-state index in [0.717, 1.165) is 23.1 Å². The molecule has 2 aromatic rings. The second-order valence-corrected chi connectivity index (χ2v) is 23.4. The number of Topliss-reactive ketones (excluding diaryl/α,β-unsaturated/α-hetero) is 1. The van der Waals surface area contributed by atoms with Crippen molar-refractivity contribution < 1.29 is 72.0 Å². The topological polar surface area (TPSA) is 241 Å². The van der Waals surface area contributed by atoms with Gasteiger partial charge in [-0.1, -0.05) is 33.8 Å². The number of methoxy groups -OCH3 is 2. The van der Waals surface area contributed by atoms with Gasteiger partial charge in [0.05, 0.1) is 53.1 Å². The van der Waals surface area contributed by atoms with Crippen molar-refractivity contribution in [3.8, 4) is 0 Å². The molecule has 1 aromatic carbocycles. The van der Waals surface area contributed by atoms with Crippen molar-refractivity contribution in [3.05, 3.63) is 45.2 Å². The highest BCUT2D eigenvalue weighted by molar-refractivity contribution is 5.94. The van der Waals surface area contributed by atoms with Crippen LogP contribution in [-0.2, 0) is 65.2 Å². The zero-order chi connectivity index (χ0) is 57.8. The monoisotopic (exact) mass is 1100 g/mol. The highest BCUT2D eigenvalue weighted by Gasteiger charge is 2.58. The molecule has 1 aromatic heterocycles. The number of rotatable bonds is 19. The van der Waals surface area contributed by atoms with Gasteiger partial charge in [-0.15, -0.1) is 0 Å². The second-order valence-electron chi connectivity index (χ2n) is 23.4. The van der Waals surface area contributed by atoms with Gasteiger partial charge in [0.15, 0.2) is 18.2 Å². The number of ether oxygens (including phenoxy) is 9. The van der Waals surface area contributed by atoms with Gasteiger partial charge in [-0.2, -0.15) is 0 Å². The summed E-state index contributed by atoms with van der Waals surface area (Å²) < 4.78 is 60.5. The number of hydrogen-bond acceptors (Lipinski definition) is 17. The van der Waals surface area contributed by atoms with Crippen molar-refractivity contribution in [2.75, 3.05) is 48.0 Å². The number of amides is 1. The number of alkyl carbamates (subject to hydrolysis) is 1. The van der Waals surface area contributed by atoms with Crippen molar-refractivity contribution in [3.63, 3.8) is 0 Å². The van der Waals surface area contributed by atoms with E-state index in [1.807, 2.05) is 93.4 Å². The average Bonchev–Trinajstić information content (AvgIpc) is 3.79. The molecule has 6 rings (SSSR count). The Hall–Kier alpha value is -4.09. The van der Waals surface area contributed by atoms with Crippen LogP contribution < -0.4 is 16.1 Å². The number of carbonyl (C=O) groups excluding carboxylic acids is 3. The molecular weight excluding hydrogens is 1010 g/mol. The molecule has 1 amide bonds. The van der Waals surface area contributed by atoms with Crippen LogP contribution in [0.1, 0.15) is 136 Å². The Bertz CT molecular complexity index is 2470. The lowest BCUT2D eigenvalue weighted by molar-refractivity contribution is -0.322. The van der Waals surface area contributed by atoms with Crippen molar-refractivity contribution in [1.82, 2.24) is 20.1 Å². The van der Waals surface area contributed by atoms with Crippen LogP contribution in [0.15, 0.2) is 23.1 Å². The van der Waals surface area contributed by atoms with Gasteiger partial charge in [0.1, 0.15) is 29.7 Å². The minimum Gasteiger partial charge on any atom is -0.477 e. The number of aliphatic hydroxyl groups excluding tert-OH is 1. The summed E-state index contributed by atoms with van der Waals surface area (Å²) in [7, 11) is 6.96. The van der Waals surface area contributed by atoms with Gasteiger partial charge in [-0.05, 0) is 138 Å². The van der Waals surface area contributed by atoms with Crippen molar-refractivity contribution >= 4 is 34.7 Å². The fourth-order valence-corrected chi connectivity index (χ4v) is 12.9. The van der Waals surface area contributed by atoms with Crippen LogP contribution in [0.2, 0.25) is 0 Å². The van der Waals surface area contributed by atoms with Gasteiger partial charge in [-0.3, -0.25) is 14.4 Å². The number of hydrogen-bond donors (Lipinski definition) is 4. The van der Waals surface area contributed by atoms with E-state index in [0.29, 0.717) is 50.9 Å². The molecule has 4 saturated heterocycles. The number of esters is 1. The number of aromatic carboxylic acids is 1. The molecule has 5 heterocycles. The maximum atomic E-state index is 14.8. The fourth-order valence-electron chi connectivity index (χ4n) is 12.9. The Morgan fingerprint density at radius 1 is 0.910 bits per heavy atom. The first kappa shape index (κ1) is 63.1. The number of carboxylic acids is 1. The zero-order valence-electron chi connectivity index (χ0n) is 49.2. The number of carboxylic acid groups (broad SMARTS) is 1. The number of aliphatic hydroxyl groups is 1. The predicted molar refractivity (Wildman–Crippen MR) is 291 cm³/mol. The Morgan fingerprint density at radius 3 is 2.21 bits per heavy atom. The molecular formula is C58H92N4O16. The summed E-state index contributed by atoms with van der Waals surface area (Å²) >= 11 is 0. The van der Waals surface area contributed by atoms with Crippen LogP contribution in [0.25, 0.3) is 10.9 Å². The normalized spacial score (nSPS) is 37.2. The third kappa shape index (κ3) is 13.3. The molecule has 0 saturated carbocycles. The molecule has 2 unspecified atom stereocenters. The van der Waals surface area contributed by atoms with Crippen LogP contribution in [0.3, 0.4) is 0 Å². The second kappa shape index (κ2) is 26.2. The van der Waals surface area contributed by atoms with Crippen molar-refractivity contribution in [2.24, 2.45) is 23.7 Å². The summed E-state index contributed by atoms with van der Waals surface area (Å²) in [5, 5.41) is 28.4. The number of fused-ring (bicyclic) bond motifs is 2. The SMILES string of the molecule is CC[C@H]1OC(=O)[C@H](C)[C@@H](O[C@H]2C[C@@](C)(OC)[C@@H](OCCCNCCCc3ccc4c(c3C)c(=O)c(C(=O)O)cn4CC)[C@H](C)O2)[C@H](C)[C@@H](O[C@@H]2O[C@H](C)CC(N(C)C)[C@H]2O)[C@](C)(OC)C[C@@H](C)C(=O)C(C)[C@H]2NC(=O)O[C@@]21C. The first-order valence-electron chi connectivity index (χ1n) is 28.2. The molecule has 20 heteroatoms. The van der Waals surface area contributed by atoms with Crippen molar-refractivity contribution in [2.45, 2.75) is 219 Å². The Morgan fingerprint density at radius 2 is 1.58 bits per heavy atom.